The highest BCUT2D eigenvalue weighted by Gasteiger charge is 2.57. The van der Waals surface area contributed by atoms with Crippen LogP contribution in [0.3, 0.4) is 0 Å². The number of para-hydroxylation sites is 1. The van der Waals surface area contributed by atoms with Gasteiger partial charge in [0.1, 0.15) is 24.0 Å². The Bertz CT molecular complexity index is 1520. The summed E-state index contributed by atoms with van der Waals surface area (Å²) < 4.78 is 54.0. The Morgan fingerprint density at radius 3 is 2.70 bits per heavy atom. The first-order chi connectivity index (χ1) is 20.4. The van der Waals surface area contributed by atoms with Gasteiger partial charge >= 0.3 is 13.7 Å². The van der Waals surface area contributed by atoms with Crippen LogP contribution in [-0.2, 0) is 23.4 Å². The van der Waals surface area contributed by atoms with E-state index in [0.717, 1.165) is 18.9 Å². The van der Waals surface area contributed by atoms with Crippen LogP contribution in [0.5, 0.6) is 5.75 Å². The zero-order chi connectivity index (χ0) is 30.9. The van der Waals surface area contributed by atoms with E-state index in [9.17, 15) is 14.5 Å². The quantitative estimate of drug-likeness (QED) is 0.124. The number of aliphatic hydroxyl groups excluding tert-OH is 1. The number of hydrogen-bond acceptors (Lipinski definition) is 12. The summed E-state index contributed by atoms with van der Waals surface area (Å²) in [4.78, 5) is 25.2. The van der Waals surface area contributed by atoms with Crippen molar-refractivity contribution in [2.75, 3.05) is 17.7 Å². The fourth-order valence-corrected chi connectivity index (χ4v) is 6.04. The van der Waals surface area contributed by atoms with Gasteiger partial charge in [-0.2, -0.15) is 15.1 Å². The molecule has 5 rings (SSSR count). The molecule has 1 aromatic carbocycles. The first kappa shape index (κ1) is 30.8. The molecule has 16 heteroatoms. The van der Waals surface area contributed by atoms with Crippen molar-refractivity contribution in [2.24, 2.45) is 0 Å². The molecule has 1 saturated heterocycles. The van der Waals surface area contributed by atoms with Crippen molar-refractivity contribution in [3.8, 4) is 5.75 Å². The second-order valence-electron chi connectivity index (χ2n) is 10.7. The van der Waals surface area contributed by atoms with Crippen molar-refractivity contribution in [1.29, 1.82) is 0 Å². The maximum atomic E-state index is 16.4. The lowest BCUT2D eigenvalue weighted by Crippen LogP contribution is -2.42. The predicted molar refractivity (Wildman–Crippen MR) is 155 cm³/mol. The summed E-state index contributed by atoms with van der Waals surface area (Å²) in [5.74, 6) is -0.169. The summed E-state index contributed by atoms with van der Waals surface area (Å²) >= 11 is 0. The highest BCUT2D eigenvalue weighted by Crippen LogP contribution is 2.48. The van der Waals surface area contributed by atoms with E-state index in [0.29, 0.717) is 11.3 Å². The number of fused-ring (bicyclic) bond motifs is 1. The highest BCUT2D eigenvalue weighted by atomic mass is 31.2. The van der Waals surface area contributed by atoms with Crippen LogP contribution < -0.4 is 20.7 Å². The third kappa shape index (κ3) is 6.65. The normalized spacial score (nSPS) is 25.8. The van der Waals surface area contributed by atoms with Gasteiger partial charge in [0.25, 0.3) is 0 Å². The SMILES string of the molecule is C=C[C@@]1(F)[C@H](O)[C@@H](COP(=O)(NC(C)C(=O)OC(C)C)Oc2ccccc2)O[C@H]1n1cnc2c(NC3CC3)nc(N)nc21. The van der Waals surface area contributed by atoms with Crippen LogP contribution in [0.15, 0.2) is 49.3 Å². The minimum Gasteiger partial charge on any atom is -0.462 e. The number of nitrogens with one attached hydrogen (secondary N) is 2. The van der Waals surface area contributed by atoms with E-state index in [1.54, 1.807) is 44.2 Å². The molecule has 2 unspecified atom stereocenters. The Balaban J connectivity index is 1.38. The van der Waals surface area contributed by atoms with Crippen LogP contribution in [0.25, 0.3) is 11.2 Å². The molecule has 6 atom stereocenters. The smallest absolute Gasteiger partial charge is 0.459 e. The number of halogens is 1. The van der Waals surface area contributed by atoms with Crippen LogP contribution in [0, 0.1) is 0 Å². The predicted octanol–water partition coefficient (Wildman–Crippen LogP) is 3.27. The summed E-state index contributed by atoms with van der Waals surface area (Å²) in [6.45, 7) is 7.75. The largest absolute Gasteiger partial charge is 0.462 e. The number of anilines is 2. The third-order valence-corrected chi connectivity index (χ3v) is 8.49. The van der Waals surface area contributed by atoms with Crippen LogP contribution in [0.1, 0.15) is 39.8 Å². The molecule has 43 heavy (non-hydrogen) atoms. The molecule has 14 nitrogen and oxygen atoms in total. The van der Waals surface area contributed by atoms with Gasteiger partial charge in [-0.25, -0.2) is 13.9 Å². The molecular formula is C27H35FN7O7P. The molecule has 0 bridgehead atoms. The van der Waals surface area contributed by atoms with Gasteiger partial charge in [0, 0.05) is 6.04 Å². The van der Waals surface area contributed by atoms with E-state index in [-0.39, 0.29) is 23.4 Å². The van der Waals surface area contributed by atoms with E-state index in [2.05, 4.69) is 31.9 Å². The van der Waals surface area contributed by atoms with E-state index < -0.39 is 56.6 Å². The number of benzene rings is 1. The molecule has 0 spiro atoms. The number of esters is 1. The maximum absolute atomic E-state index is 16.4. The molecule has 0 radical (unpaired) electrons. The average molecular weight is 620 g/mol. The van der Waals surface area contributed by atoms with Gasteiger partial charge in [-0.1, -0.05) is 24.8 Å². The number of imidazole rings is 1. The molecule has 2 aromatic heterocycles. The number of carbonyl (C=O) groups is 1. The van der Waals surface area contributed by atoms with Crippen molar-refractivity contribution >= 4 is 36.6 Å². The number of ether oxygens (including phenoxy) is 2. The Morgan fingerprint density at radius 2 is 2.05 bits per heavy atom. The number of hydrogen-bond donors (Lipinski definition) is 4. The first-order valence-electron chi connectivity index (χ1n) is 13.8. The molecular weight excluding hydrogens is 584 g/mol. The van der Waals surface area contributed by atoms with Gasteiger partial charge in [0.15, 0.2) is 23.2 Å². The van der Waals surface area contributed by atoms with Gasteiger partial charge in [-0.3, -0.25) is 13.9 Å². The second-order valence-corrected chi connectivity index (χ2v) is 12.4. The lowest BCUT2D eigenvalue weighted by Gasteiger charge is -2.26. The Labute approximate surface area is 247 Å². The number of aliphatic hydroxyl groups is 1. The molecule has 3 aromatic rings. The summed E-state index contributed by atoms with van der Waals surface area (Å²) in [5, 5.41) is 16.8. The molecule has 232 valence electrons. The number of nitrogen functional groups attached to an aromatic ring is 1. The van der Waals surface area contributed by atoms with Crippen LogP contribution >= 0.6 is 7.75 Å². The van der Waals surface area contributed by atoms with E-state index in [1.165, 1.54) is 17.8 Å². The standard InChI is InChI=1S/C27H35FN7O7P/c1-5-27(28)21(36)19(41-25(27)35-14-30-20-22(31-17-11-12-17)32-26(29)33-23(20)35)13-39-43(38,42-18-9-7-6-8-10-18)34-16(4)24(37)40-15(2)3/h5-10,14-17,19,21,25,36H,1,11-13H2,2-4H3,(H,34,38)(H3,29,31,32,33)/t16?,19-,21-,25-,27-,43?/m1/s1. The number of nitrogens with zero attached hydrogens (tertiary/aromatic N) is 4. The van der Waals surface area contributed by atoms with Crippen molar-refractivity contribution in [1.82, 2.24) is 24.6 Å². The minimum atomic E-state index is -4.32. The van der Waals surface area contributed by atoms with Gasteiger partial charge in [0.05, 0.1) is 19.0 Å². The average Bonchev–Trinajstić information content (AvgIpc) is 3.62. The number of rotatable bonds is 13. The Morgan fingerprint density at radius 1 is 1.33 bits per heavy atom. The van der Waals surface area contributed by atoms with Crippen LogP contribution in [0.4, 0.5) is 16.2 Å². The lowest BCUT2D eigenvalue weighted by atomic mass is 9.96. The molecule has 1 aliphatic heterocycles. The van der Waals surface area contributed by atoms with Crippen molar-refractivity contribution in [3.63, 3.8) is 0 Å². The molecule has 2 fully saturated rings. The van der Waals surface area contributed by atoms with Gasteiger partial charge < -0.3 is 30.2 Å². The third-order valence-electron chi connectivity index (χ3n) is 6.84. The van der Waals surface area contributed by atoms with Gasteiger partial charge in [-0.05, 0) is 51.8 Å². The van der Waals surface area contributed by atoms with E-state index in [4.69, 9.17) is 24.3 Å². The summed E-state index contributed by atoms with van der Waals surface area (Å²) in [6.07, 6.45) is -0.912. The number of alkyl halides is 1. The monoisotopic (exact) mass is 619 g/mol. The zero-order valence-electron chi connectivity index (χ0n) is 23.9. The number of nitrogens with two attached hydrogens (primary N) is 1. The van der Waals surface area contributed by atoms with E-state index in [1.807, 2.05) is 0 Å². The van der Waals surface area contributed by atoms with Crippen molar-refractivity contribution < 1.29 is 37.4 Å². The number of carbonyl (C=O) groups excluding carboxylic acids is 1. The topological polar surface area (TPSA) is 185 Å². The Kier molecular flexibility index (Phi) is 8.72. The molecule has 1 saturated carbocycles. The van der Waals surface area contributed by atoms with Gasteiger partial charge in [0.2, 0.25) is 11.6 Å². The second kappa shape index (κ2) is 12.2. The lowest BCUT2D eigenvalue weighted by molar-refractivity contribution is -0.149. The molecule has 3 heterocycles. The fourth-order valence-electron chi connectivity index (χ4n) is 4.54. The summed E-state index contributed by atoms with van der Waals surface area (Å²) in [7, 11) is -4.32. The van der Waals surface area contributed by atoms with Crippen LogP contribution in [-0.4, -0.2) is 73.3 Å². The summed E-state index contributed by atoms with van der Waals surface area (Å²) in [5.41, 5.74) is 3.91. The highest BCUT2D eigenvalue weighted by molar-refractivity contribution is 7.52. The van der Waals surface area contributed by atoms with Crippen LogP contribution in [0.2, 0.25) is 0 Å². The van der Waals surface area contributed by atoms with Gasteiger partial charge in [-0.15, -0.1) is 0 Å². The van der Waals surface area contributed by atoms with Crippen molar-refractivity contribution in [2.45, 2.75) is 75.9 Å². The number of aromatic nitrogens is 4. The zero-order valence-corrected chi connectivity index (χ0v) is 24.8. The fraction of sp³-hybridized carbons (Fsp3) is 0.481. The summed E-state index contributed by atoms with van der Waals surface area (Å²) in [6, 6.07) is 7.26. The molecule has 1 aliphatic carbocycles. The molecule has 2 aliphatic rings. The minimum absolute atomic E-state index is 0.0610. The Hall–Kier alpha value is -3.62. The van der Waals surface area contributed by atoms with E-state index >= 15 is 4.39 Å². The first-order valence-corrected chi connectivity index (χ1v) is 15.4. The maximum Gasteiger partial charge on any atom is 0.459 e. The molecule has 0 amide bonds. The molecule has 5 N–H and O–H groups in total. The van der Waals surface area contributed by atoms with Crippen molar-refractivity contribution in [3.05, 3.63) is 49.3 Å².